The minimum Gasteiger partial charge on any atom is -0.497 e. The molecule has 0 saturated heterocycles. The number of para-hydroxylation sites is 1. The maximum atomic E-state index is 13.8. The monoisotopic (exact) mass is 571 g/mol. The fourth-order valence-electron chi connectivity index (χ4n) is 3.90. The summed E-state index contributed by atoms with van der Waals surface area (Å²) < 4.78 is 41.1. The van der Waals surface area contributed by atoms with E-state index in [2.05, 4.69) is 25.8 Å². The van der Waals surface area contributed by atoms with Gasteiger partial charge in [-0.15, -0.1) is 11.3 Å². The molecule has 0 aliphatic carbocycles. The van der Waals surface area contributed by atoms with E-state index in [0.717, 1.165) is 21.4 Å². The molecule has 5 rings (SSSR count). The lowest BCUT2D eigenvalue weighted by atomic mass is 10.2. The first-order chi connectivity index (χ1) is 17.0. The molecule has 0 radical (unpaired) electrons. The van der Waals surface area contributed by atoms with Gasteiger partial charge in [0.2, 0.25) is 0 Å². The van der Waals surface area contributed by atoms with Crippen molar-refractivity contribution in [2.75, 3.05) is 29.5 Å². The van der Waals surface area contributed by atoms with E-state index in [1.807, 2.05) is 48.5 Å². The second-order valence-corrected chi connectivity index (χ2v) is 11.3. The van der Waals surface area contributed by atoms with Gasteiger partial charge >= 0.3 is 0 Å². The third kappa shape index (κ3) is 4.73. The Morgan fingerprint density at radius 3 is 2.63 bits per heavy atom. The number of nitrogens with zero attached hydrogens (tertiary/aromatic N) is 3. The SMILES string of the molecule is COc1ccc(CN(c2nccs2)S(=O)(=O)c2ccc3c(c2)OCCN3c2ccccc2Br)cc1. The van der Waals surface area contributed by atoms with Gasteiger partial charge in [0.05, 0.1) is 36.5 Å². The van der Waals surface area contributed by atoms with Gasteiger partial charge in [-0.2, -0.15) is 0 Å². The van der Waals surface area contributed by atoms with E-state index in [-0.39, 0.29) is 11.4 Å². The highest BCUT2D eigenvalue weighted by molar-refractivity contribution is 9.10. The number of benzene rings is 3. The molecule has 180 valence electrons. The van der Waals surface area contributed by atoms with Crippen molar-refractivity contribution in [3.8, 4) is 11.5 Å². The number of ether oxygens (including phenoxy) is 2. The van der Waals surface area contributed by atoms with Gasteiger partial charge in [0.15, 0.2) is 5.13 Å². The lowest BCUT2D eigenvalue weighted by molar-refractivity contribution is 0.313. The molecule has 3 aromatic carbocycles. The third-order valence-electron chi connectivity index (χ3n) is 5.64. The predicted molar refractivity (Wildman–Crippen MR) is 142 cm³/mol. The third-order valence-corrected chi connectivity index (χ3v) is 8.96. The zero-order valence-corrected chi connectivity index (χ0v) is 22.0. The fourth-order valence-corrected chi connectivity index (χ4v) is 6.69. The highest BCUT2D eigenvalue weighted by atomic mass is 79.9. The van der Waals surface area contributed by atoms with Crippen molar-refractivity contribution in [3.63, 3.8) is 0 Å². The number of thiazole rings is 1. The van der Waals surface area contributed by atoms with Gasteiger partial charge < -0.3 is 14.4 Å². The summed E-state index contributed by atoms with van der Waals surface area (Å²) >= 11 is 4.89. The molecule has 0 fully saturated rings. The lowest BCUT2D eigenvalue weighted by Gasteiger charge is -2.32. The predicted octanol–water partition coefficient (Wildman–Crippen LogP) is 5.84. The fraction of sp³-hybridized carbons (Fsp3) is 0.160. The summed E-state index contributed by atoms with van der Waals surface area (Å²) in [6, 6.07) is 20.3. The number of hydrogen-bond acceptors (Lipinski definition) is 7. The molecule has 1 aromatic heterocycles. The molecule has 0 spiro atoms. The normalized spacial score (nSPS) is 13.1. The molecule has 0 amide bonds. The van der Waals surface area contributed by atoms with E-state index in [1.54, 1.807) is 36.9 Å². The van der Waals surface area contributed by atoms with Crippen molar-refractivity contribution in [2.24, 2.45) is 0 Å². The number of hydrogen-bond donors (Lipinski definition) is 0. The molecule has 1 aliphatic heterocycles. The molecule has 10 heteroatoms. The molecule has 2 heterocycles. The van der Waals surface area contributed by atoms with E-state index < -0.39 is 10.0 Å². The summed E-state index contributed by atoms with van der Waals surface area (Å²) in [5.74, 6) is 1.23. The van der Waals surface area contributed by atoms with Crippen LogP contribution in [0.4, 0.5) is 16.5 Å². The Morgan fingerprint density at radius 1 is 1.11 bits per heavy atom. The van der Waals surface area contributed by atoms with Crippen LogP contribution in [0.25, 0.3) is 0 Å². The Morgan fingerprint density at radius 2 is 1.91 bits per heavy atom. The van der Waals surface area contributed by atoms with Crippen molar-refractivity contribution < 1.29 is 17.9 Å². The van der Waals surface area contributed by atoms with Crippen LogP contribution < -0.4 is 18.7 Å². The minimum absolute atomic E-state index is 0.140. The van der Waals surface area contributed by atoms with Gasteiger partial charge in [-0.1, -0.05) is 24.3 Å². The Hall–Kier alpha value is -3.08. The quantitative estimate of drug-likeness (QED) is 0.277. The second kappa shape index (κ2) is 9.88. The van der Waals surface area contributed by atoms with Crippen molar-refractivity contribution in [2.45, 2.75) is 11.4 Å². The molecule has 35 heavy (non-hydrogen) atoms. The summed E-state index contributed by atoms with van der Waals surface area (Å²) in [7, 11) is -2.33. The number of fused-ring (bicyclic) bond motifs is 1. The highest BCUT2D eigenvalue weighted by Crippen LogP contribution is 2.41. The van der Waals surface area contributed by atoms with Crippen LogP contribution in [0.15, 0.2) is 87.7 Å². The van der Waals surface area contributed by atoms with Crippen LogP contribution in [-0.2, 0) is 16.6 Å². The number of anilines is 3. The maximum absolute atomic E-state index is 13.8. The van der Waals surface area contributed by atoms with E-state index in [9.17, 15) is 8.42 Å². The first-order valence-electron chi connectivity index (χ1n) is 10.8. The maximum Gasteiger partial charge on any atom is 0.266 e. The van der Waals surface area contributed by atoms with Crippen LogP contribution in [0.1, 0.15) is 5.56 Å². The summed E-state index contributed by atoms with van der Waals surface area (Å²) in [6.45, 7) is 1.24. The summed E-state index contributed by atoms with van der Waals surface area (Å²) in [5.41, 5.74) is 2.63. The van der Waals surface area contributed by atoms with E-state index in [0.29, 0.717) is 29.8 Å². The lowest BCUT2D eigenvalue weighted by Crippen LogP contribution is -2.31. The molecule has 0 unspecified atom stereocenters. The van der Waals surface area contributed by atoms with Crippen LogP contribution in [0.5, 0.6) is 11.5 Å². The Balaban J connectivity index is 1.51. The van der Waals surface area contributed by atoms with Gasteiger partial charge in [-0.3, -0.25) is 0 Å². The van der Waals surface area contributed by atoms with Crippen molar-refractivity contribution in [1.82, 2.24) is 4.98 Å². The van der Waals surface area contributed by atoms with Crippen molar-refractivity contribution in [3.05, 3.63) is 88.3 Å². The standard InChI is InChI=1S/C25H22BrN3O4S2/c1-32-19-8-6-18(7-9-19)17-29(25-27-12-15-34-25)35(30,31)20-10-11-23-24(16-20)33-14-13-28(23)22-5-3-2-4-21(22)26/h2-12,15-16H,13-14,17H2,1H3. The highest BCUT2D eigenvalue weighted by Gasteiger charge is 2.30. The van der Waals surface area contributed by atoms with Crippen LogP contribution in [0, 0.1) is 0 Å². The number of aromatic nitrogens is 1. The largest absolute Gasteiger partial charge is 0.497 e. The first-order valence-corrected chi connectivity index (χ1v) is 13.9. The first kappa shape index (κ1) is 23.7. The smallest absolute Gasteiger partial charge is 0.266 e. The summed E-state index contributed by atoms with van der Waals surface area (Å²) in [4.78, 5) is 6.55. The van der Waals surface area contributed by atoms with Crippen LogP contribution >= 0.6 is 27.3 Å². The number of methoxy groups -OCH3 is 1. The van der Waals surface area contributed by atoms with Gasteiger partial charge in [-0.05, 0) is 57.9 Å². The molecular weight excluding hydrogens is 550 g/mol. The molecular formula is C25H22BrN3O4S2. The topological polar surface area (TPSA) is 72.0 Å². The molecule has 0 atom stereocenters. The van der Waals surface area contributed by atoms with E-state index in [4.69, 9.17) is 9.47 Å². The van der Waals surface area contributed by atoms with Crippen LogP contribution in [0.3, 0.4) is 0 Å². The number of rotatable bonds is 7. The number of sulfonamides is 1. The van der Waals surface area contributed by atoms with Gasteiger partial charge in [0, 0.05) is 22.1 Å². The summed E-state index contributed by atoms with van der Waals surface area (Å²) in [6.07, 6.45) is 1.60. The average molecular weight is 573 g/mol. The minimum atomic E-state index is -3.92. The molecule has 7 nitrogen and oxygen atoms in total. The Labute approximate surface area is 216 Å². The zero-order chi connectivity index (χ0) is 24.4. The average Bonchev–Trinajstić information content (AvgIpc) is 3.42. The van der Waals surface area contributed by atoms with Crippen LogP contribution in [0.2, 0.25) is 0 Å². The van der Waals surface area contributed by atoms with Crippen LogP contribution in [-0.4, -0.2) is 33.7 Å². The Bertz CT molecular complexity index is 1430. The molecule has 0 saturated carbocycles. The number of halogens is 1. The molecule has 4 aromatic rings. The zero-order valence-electron chi connectivity index (χ0n) is 18.8. The molecule has 0 bridgehead atoms. The second-order valence-electron chi connectivity index (χ2n) is 7.76. The Kier molecular flexibility index (Phi) is 6.68. The van der Waals surface area contributed by atoms with Gasteiger partial charge in [0.1, 0.15) is 18.1 Å². The van der Waals surface area contributed by atoms with E-state index >= 15 is 0 Å². The van der Waals surface area contributed by atoms with Gasteiger partial charge in [-0.25, -0.2) is 17.7 Å². The summed E-state index contributed by atoms with van der Waals surface area (Å²) in [5, 5.41) is 2.16. The molecule has 1 aliphatic rings. The molecule has 0 N–H and O–H groups in total. The van der Waals surface area contributed by atoms with E-state index in [1.165, 1.54) is 15.6 Å². The van der Waals surface area contributed by atoms with Crippen molar-refractivity contribution in [1.29, 1.82) is 0 Å². The van der Waals surface area contributed by atoms with Crippen molar-refractivity contribution >= 4 is 53.8 Å². The van der Waals surface area contributed by atoms with Gasteiger partial charge in [0.25, 0.3) is 10.0 Å².